The van der Waals surface area contributed by atoms with Gasteiger partial charge < -0.3 is 0 Å². The van der Waals surface area contributed by atoms with E-state index in [-0.39, 0.29) is 5.38 Å². The lowest BCUT2D eigenvalue weighted by Gasteiger charge is -1.85. The lowest BCUT2D eigenvalue weighted by Crippen LogP contribution is -1.87. The van der Waals surface area contributed by atoms with Crippen molar-refractivity contribution in [1.82, 2.24) is 0 Å². The highest BCUT2D eigenvalue weighted by Crippen LogP contribution is 1.93. The van der Waals surface area contributed by atoms with Crippen LogP contribution in [0.25, 0.3) is 0 Å². The number of hydrogen-bond donors (Lipinski definition) is 0. The zero-order valence-electron chi connectivity index (χ0n) is 4.70. The van der Waals surface area contributed by atoms with E-state index in [1.165, 1.54) is 5.54 Å². The molecular formula is C5H9Cl3. The van der Waals surface area contributed by atoms with Crippen LogP contribution in [0.2, 0.25) is 0 Å². The van der Waals surface area contributed by atoms with Crippen LogP contribution in [0.5, 0.6) is 0 Å². The van der Waals surface area contributed by atoms with E-state index >= 15 is 0 Å². The Hall–Kier alpha value is 0.610. The summed E-state index contributed by atoms with van der Waals surface area (Å²) in [5, 5.41) is 0.122. The van der Waals surface area contributed by atoms with Gasteiger partial charge in [0.25, 0.3) is 0 Å². The van der Waals surface area contributed by atoms with Crippen molar-refractivity contribution < 1.29 is 0 Å². The summed E-state index contributed by atoms with van der Waals surface area (Å²) in [6, 6.07) is 0. The Labute approximate surface area is 65.4 Å². The van der Waals surface area contributed by atoms with Crippen LogP contribution in [-0.4, -0.2) is 11.3 Å². The summed E-state index contributed by atoms with van der Waals surface area (Å²) < 4.78 is 0. The van der Waals surface area contributed by atoms with E-state index in [1.54, 1.807) is 0 Å². The third kappa shape index (κ3) is 30.5. The Balaban J connectivity index is 0. The molecule has 0 aliphatic carbocycles. The summed E-state index contributed by atoms with van der Waals surface area (Å²) in [5.74, 6) is 0.543. The third-order valence-corrected chi connectivity index (χ3v) is 0.988. The van der Waals surface area contributed by atoms with Crippen molar-refractivity contribution in [2.24, 2.45) is 0 Å². The number of hydrogen-bond acceptors (Lipinski definition) is 0. The van der Waals surface area contributed by atoms with Crippen LogP contribution in [0.15, 0.2) is 12.1 Å². The summed E-state index contributed by atoms with van der Waals surface area (Å²) in [4.78, 5) is 0. The first-order valence-electron chi connectivity index (χ1n) is 2.10. The van der Waals surface area contributed by atoms with Gasteiger partial charge in [0.15, 0.2) is 0 Å². The molecule has 0 N–H and O–H groups in total. The van der Waals surface area contributed by atoms with E-state index in [0.717, 1.165) is 0 Å². The predicted molar refractivity (Wildman–Crippen MR) is 42.1 cm³/mol. The summed E-state index contributed by atoms with van der Waals surface area (Å²) in [6.45, 7) is 4.98. The Kier molecular flexibility index (Phi) is 15.1. The average molecular weight is 175 g/mol. The molecule has 0 saturated heterocycles. The van der Waals surface area contributed by atoms with Crippen LogP contribution in [0, 0.1) is 0 Å². The van der Waals surface area contributed by atoms with Crippen molar-refractivity contribution in [2.45, 2.75) is 12.3 Å². The molecule has 1 atom stereocenters. The quantitative estimate of drug-likeness (QED) is 0.537. The fourth-order valence-corrected chi connectivity index (χ4v) is 0. The van der Waals surface area contributed by atoms with Crippen molar-refractivity contribution in [2.75, 3.05) is 5.88 Å². The maximum Gasteiger partial charge on any atom is 0.0443 e. The van der Waals surface area contributed by atoms with Crippen LogP contribution >= 0.6 is 34.8 Å². The van der Waals surface area contributed by atoms with Gasteiger partial charge in [0.2, 0.25) is 0 Å². The molecule has 0 bridgehead atoms. The van der Waals surface area contributed by atoms with E-state index in [0.29, 0.717) is 5.88 Å². The Bertz CT molecular complexity index is 42.9. The third-order valence-electron chi connectivity index (χ3n) is 0.213. The zero-order valence-corrected chi connectivity index (χ0v) is 6.97. The van der Waals surface area contributed by atoms with Crippen molar-refractivity contribution in [3.05, 3.63) is 12.1 Å². The maximum absolute atomic E-state index is 5.33. The second kappa shape index (κ2) is 10.6. The average Bonchev–Trinajstić information content (AvgIpc) is 1.69. The van der Waals surface area contributed by atoms with Gasteiger partial charge in [-0.25, -0.2) is 0 Å². The van der Waals surface area contributed by atoms with Gasteiger partial charge in [-0.2, -0.15) is 0 Å². The van der Waals surface area contributed by atoms with Crippen LogP contribution in [0.1, 0.15) is 6.92 Å². The topological polar surface area (TPSA) is 0 Å². The summed E-state index contributed by atoms with van der Waals surface area (Å²) in [7, 11) is 0. The molecule has 1 unspecified atom stereocenters. The molecule has 3 heteroatoms. The molecule has 0 fully saturated rings. The molecule has 0 aromatic heterocycles. The minimum absolute atomic E-state index is 0.122. The SMILES string of the molecule is C=CCl.CC(Cl)CCl. The van der Waals surface area contributed by atoms with Gasteiger partial charge in [-0.1, -0.05) is 18.2 Å². The van der Waals surface area contributed by atoms with Crippen LogP contribution < -0.4 is 0 Å². The molecule has 0 aromatic carbocycles. The second-order valence-electron chi connectivity index (χ2n) is 1.09. The van der Waals surface area contributed by atoms with Crippen LogP contribution in [0.4, 0.5) is 0 Å². The first kappa shape index (κ1) is 11.4. The van der Waals surface area contributed by atoms with E-state index in [4.69, 9.17) is 34.8 Å². The number of alkyl halides is 2. The van der Waals surface area contributed by atoms with Gasteiger partial charge in [-0.15, -0.1) is 23.2 Å². The molecule has 0 nitrogen and oxygen atoms in total. The van der Waals surface area contributed by atoms with Crippen molar-refractivity contribution >= 4 is 34.8 Å². The van der Waals surface area contributed by atoms with Gasteiger partial charge in [0.05, 0.1) is 0 Å². The molecule has 0 radical (unpaired) electrons. The number of rotatable bonds is 1. The normalized spacial score (nSPS) is 11.0. The minimum atomic E-state index is 0.122. The van der Waals surface area contributed by atoms with Crippen molar-refractivity contribution in [3.8, 4) is 0 Å². The lowest BCUT2D eigenvalue weighted by molar-refractivity contribution is 1.11. The van der Waals surface area contributed by atoms with Gasteiger partial charge in [-0.05, 0) is 12.5 Å². The standard InChI is InChI=1S/C3H6Cl2.C2H3Cl/c1-3(5)2-4;1-2-3/h3H,2H2,1H3;2H,1H2. The highest BCUT2D eigenvalue weighted by molar-refractivity contribution is 6.27. The fourth-order valence-electron chi connectivity index (χ4n) is 0. The molecular weight excluding hydrogens is 166 g/mol. The van der Waals surface area contributed by atoms with Crippen LogP contribution in [-0.2, 0) is 0 Å². The molecule has 0 rings (SSSR count). The molecule has 0 aromatic rings. The monoisotopic (exact) mass is 174 g/mol. The summed E-state index contributed by atoms with van der Waals surface area (Å²) >= 11 is 15.3. The highest BCUT2D eigenvalue weighted by Gasteiger charge is 1.85. The smallest absolute Gasteiger partial charge is 0.0443 e. The van der Waals surface area contributed by atoms with E-state index in [9.17, 15) is 0 Å². The Morgan fingerprint density at radius 2 is 1.88 bits per heavy atom. The van der Waals surface area contributed by atoms with E-state index in [1.807, 2.05) is 6.92 Å². The molecule has 0 saturated carbocycles. The maximum atomic E-state index is 5.33. The molecule has 0 spiro atoms. The van der Waals surface area contributed by atoms with Crippen molar-refractivity contribution in [1.29, 1.82) is 0 Å². The summed E-state index contributed by atoms with van der Waals surface area (Å²) in [5.41, 5.74) is 1.22. The fraction of sp³-hybridized carbons (Fsp3) is 0.600. The first-order valence-corrected chi connectivity index (χ1v) is 3.50. The number of halogens is 3. The van der Waals surface area contributed by atoms with Crippen LogP contribution in [0.3, 0.4) is 0 Å². The molecule has 8 heavy (non-hydrogen) atoms. The molecule has 0 amide bonds. The lowest BCUT2D eigenvalue weighted by atomic mass is 10.6. The van der Waals surface area contributed by atoms with Gasteiger partial charge >= 0.3 is 0 Å². The van der Waals surface area contributed by atoms with Crippen molar-refractivity contribution in [3.63, 3.8) is 0 Å². The first-order chi connectivity index (χ1) is 3.68. The summed E-state index contributed by atoms with van der Waals surface area (Å²) in [6.07, 6.45) is 0. The zero-order chi connectivity index (χ0) is 6.99. The van der Waals surface area contributed by atoms with E-state index in [2.05, 4.69) is 6.58 Å². The van der Waals surface area contributed by atoms with E-state index < -0.39 is 0 Å². The Morgan fingerprint density at radius 1 is 1.75 bits per heavy atom. The predicted octanol–water partition coefficient (Wildman–Crippen LogP) is 3.22. The Morgan fingerprint density at radius 3 is 1.88 bits per heavy atom. The molecule has 0 heterocycles. The largest absolute Gasteiger partial charge is 0.125 e. The van der Waals surface area contributed by atoms with Gasteiger partial charge in [-0.3, -0.25) is 0 Å². The molecule has 50 valence electrons. The molecule has 0 aliphatic heterocycles. The molecule has 0 aliphatic rings. The highest BCUT2D eigenvalue weighted by atomic mass is 35.5. The van der Waals surface area contributed by atoms with Gasteiger partial charge in [0, 0.05) is 11.3 Å². The second-order valence-corrected chi connectivity index (χ2v) is 2.45. The van der Waals surface area contributed by atoms with Gasteiger partial charge in [0.1, 0.15) is 0 Å². The minimum Gasteiger partial charge on any atom is -0.125 e.